The average Bonchev–Trinajstić information content (AvgIpc) is 3.38. The van der Waals surface area contributed by atoms with Crippen molar-refractivity contribution in [3.63, 3.8) is 0 Å². The van der Waals surface area contributed by atoms with Gasteiger partial charge in [-0.2, -0.15) is 0 Å². The zero-order valence-corrected chi connectivity index (χ0v) is 20.9. The number of carbonyl (C=O) groups is 1. The van der Waals surface area contributed by atoms with Gasteiger partial charge in [-0.3, -0.25) is 4.79 Å². The summed E-state index contributed by atoms with van der Waals surface area (Å²) in [5.74, 6) is 2.77. The van der Waals surface area contributed by atoms with Crippen LogP contribution in [0.25, 0.3) is 17.1 Å². The average molecular weight is 462 g/mol. The molecule has 4 rings (SSSR count). The molecule has 6 heteroatoms. The van der Waals surface area contributed by atoms with Crippen LogP contribution in [-0.2, 0) is 11.3 Å². The molecule has 34 heavy (non-hydrogen) atoms. The fraction of sp³-hybridized carbons (Fsp3) is 0.429. The van der Waals surface area contributed by atoms with Crippen LogP contribution in [0.4, 0.5) is 0 Å². The van der Waals surface area contributed by atoms with Crippen molar-refractivity contribution in [2.75, 3.05) is 20.3 Å². The summed E-state index contributed by atoms with van der Waals surface area (Å²) in [4.78, 5) is 19.7. The fourth-order valence-corrected chi connectivity index (χ4v) is 4.67. The van der Waals surface area contributed by atoms with Gasteiger partial charge in [-0.15, -0.1) is 0 Å². The van der Waals surface area contributed by atoms with Gasteiger partial charge in [0.25, 0.3) is 0 Å². The second-order valence-electron chi connectivity index (χ2n) is 9.80. The van der Waals surface area contributed by atoms with E-state index in [1.54, 1.807) is 7.11 Å². The number of methoxy groups -OCH3 is 1. The first kappa shape index (κ1) is 23.9. The third-order valence-corrected chi connectivity index (χ3v) is 6.31. The third-order valence-electron chi connectivity index (χ3n) is 6.31. The molecular formula is C28H35N3O3. The summed E-state index contributed by atoms with van der Waals surface area (Å²) < 4.78 is 13.9. The SMILES string of the molecule is C/C=C/c1ccc(OCCCn2c(C3CC(=O)N(C(C)(C)C)C3)nc3ccccc32)c(OC)c1. The highest BCUT2D eigenvalue weighted by atomic mass is 16.5. The molecule has 0 spiro atoms. The molecule has 1 atom stereocenters. The molecule has 6 nitrogen and oxygen atoms in total. The number of aryl methyl sites for hydroxylation is 1. The minimum Gasteiger partial charge on any atom is -0.493 e. The fourth-order valence-electron chi connectivity index (χ4n) is 4.67. The van der Waals surface area contributed by atoms with E-state index in [1.807, 2.05) is 60.4 Å². The van der Waals surface area contributed by atoms with Gasteiger partial charge in [-0.05, 0) is 63.9 Å². The molecule has 0 saturated carbocycles. The predicted molar refractivity (Wildman–Crippen MR) is 136 cm³/mol. The van der Waals surface area contributed by atoms with E-state index in [-0.39, 0.29) is 17.4 Å². The molecule has 180 valence electrons. The van der Waals surface area contributed by atoms with Crippen molar-refractivity contribution in [1.82, 2.24) is 14.5 Å². The first-order chi connectivity index (χ1) is 16.3. The molecule has 0 aliphatic carbocycles. The van der Waals surface area contributed by atoms with Crippen molar-refractivity contribution in [2.24, 2.45) is 0 Å². The smallest absolute Gasteiger partial charge is 0.223 e. The zero-order chi connectivity index (χ0) is 24.3. The van der Waals surface area contributed by atoms with Crippen molar-refractivity contribution in [3.8, 4) is 11.5 Å². The second-order valence-corrected chi connectivity index (χ2v) is 9.80. The quantitative estimate of drug-likeness (QED) is 0.406. The number of imidazole rings is 1. The molecule has 1 unspecified atom stereocenters. The summed E-state index contributed by atoms with van der Waals surface area (Å²) in [5, 5.41) is 0. The normalized spacial score (nSPS) is 16.7. The van der Waals surface area contributed by atoms with Gasteiger partial charge in [0.1, 0.15) is 5.82 Å². The standard InChI is InChI=1S/C28H35N3O3/c1-6-10-20-13-14-24(25(17-20)33-5)34-16-9-15-30-23-12-8-7-11-22(23)29-27(30)21-18-26(32)31(19-21)28(2,3)4/h6-8,10-14,17,21H,9,15-16,18-19H2,1-5H3/b10-6+. The third kappa shape index (κ3) is 4.96. The number of aromatic nitrogens is 2. The predicted octanol–water partition coefficient (Wildman–Crippen LogP) is 5.66. The first-order valence-corrected chi connectivity index (χ1v) is 12.0. The lowest BCUT2D eigenvalue weighted by Crippen LogP contribution is -2.42. The molecule has 1 aliphatic heterocycles. The maximum atomic E-state index is 12.7. The van der Waals surface area contributed by atoms with Crippen LogP contribution in [0.3, 0.4) is 0 Å². The lowest BCUT2D eigenvalue weighted by molar-refractivity contribution is -0.131. The van der Waals surface area contributed by atoms with E-state index < -0.39 is 0 Å². The van der Waals surface area contributed by atoms with Crippen LogP contribution in [-0.4, -0.2) is 46.2 Å². The second kappa shape index (κ2) is 9.92. The van der Waals surface area contributed by atoms with Gasteiger partial charge >= 0.3 is 0 Å². The number of fused-ring (bicyclic) bond motifs is 1. The van der Waals surface area contributed by atoms with E-state index in [0.29, 0.717) is 19.6 Å². The highest BCUT2D eigenvalue weighted by Crippen LogP contribution is 2.34. The van der Waals surface area contributed by atoms with E-state index in [9.17, 15) is 4.79 Å². The van der Waals surface area contributed by atoms with Gasteiger partial charge < -0.3 is 18.9 Å². The summed E-state index contributed by atoms with van der Waals surface area (Å²) in [6.07, 6.45) is 5.36. The number of amides is 1. The molecule has 0 N–H and O–H groups in total. The number of rotatable bonds is 8. The number of ether oxygens (including phenoxy) is 2. The monoisotopic (exact) mass is 461 g/mol. The minimum absolute atomic E-state index is 0.0966. The maximum absolute atomic E-state index is 12.7. The van der Waals surface area contributed by atoms with Crippen molar-refractivity contribution in [2.45, 2.75) is 58.5 Å². The lowest BCUT2D eigenvalue weighted by atomic mass is 10.1. The van der Waals surface area contributed by atoms with Crippen molar-refractivity contribution < 1.29 is 14.3 Å². The summed E-state index contributed by atoms with van der Waals surface area (Å²) in [5.41, 5.74) is 2.98. The topological polar surface area (TPSA) is 56.6 Å². The Bertz CT molecular complexity index is 1190. The summed E-state index contributed by atoms with van der Waals surface area (Å²) in [6.45, 7) is 10.3. The van der Waals surface area contributed by atoms with Crippen molar-refractivity contribution >= 4 is 23.0 Å². The number of allylic oxidation sites excluding steroid dienone is 1. The van der Waals surface area contributed by atoms with Gasteiger partial charge in [0, 0.05) is 31.0 Å². The van der Waals surface area contributed by atoms with Gasteiger partial charge in [0.15, 0.2) is 11.5 Å². The highest BCUT2D eigenvalue weighted by Gasteiger charge is 2.38. The van der Waals surface area contributed by atoms with Crippen LogP contribution >= 0.6 is 0 Å². The summed E-state index contributed by atoms with van der Waals surface area (Å²) in [7, 11) is 1.66. The Hall–Kier alpha value is -3.28. The van der Waals surface area contributed by atoms with Crippen LogP contribution in [0.5, 0.6) is 11.5 Å². The van der Waals surface area contributed by atoms with Crippen LogP contribution in [0.2, 0.25) is 0 Å². The van der Waals surface area contributed by atoms with E-state index in [0.717, 1.165) is 46.9 Å². The minimum atomic E-state index is -0.182. The molecule has 1 aliphatic rings. The zero-order valence-electron chi connectivity index (χ0n) is 20.9. The Kier molecular flexibility index (Phi) is 6.96. The Balaban J connectivity index is 1.49. The molecule has 1 fully saturated rings. The Labute approximate surface area is 202 Å². The first-order valence-electron chi connectivity index (χ1n) is 12.0. The number of likely N-dealkylation sites (tertiary alicyclic amines) is 1. The van der Waals surface area contributed by atoms with Crippen molar-refractivity contribution in [1.29, 1.82) is 0 Å². The molecule has 1 aromatic heterocycles. The van der Waals surface area contributed by atoms with E-state index in [2.05, 4.69) is 31.4 Å². The van der Waals surface area contributed by atoms with E-state index >= 15 is 0 Å². The number of benzene rings is 2. The summed E-state index contributed by atoms with van der Waals surface area (Å²) in [6, 6.07) is 14.2. The number of hydrogen-bond donors (Lipinski definition) is 0. The Morgan fingerprint density at radius 2 is 1.94 bits per heavy atom. The number of hydrogen-bond acceptors (Lipinski definition) is 4. The molecule has 1 amide bonds. The van der Waals surface area contributed by atoms with Crippen LogP contribution in [0.15, 0.2) is 48.5 Å². The molecule has 2 heterocycles. The van der Waals surface area contributed by atoms with Crippen LogP contribution in [0.1, 0.15) is 57.8 Å². The molecule has 2 aromatic carbocycles. The van der Waals surface area contributed by atoms with Crippen LogP contribution < -0.4 is 9.47 Å². The summed E-state index contributed by atoms with van der Waals surface area (Å²) >= 11 is 0. The number of carbonyl (C=O) groups excluding carboxylic acids is 1. The Morgan fingerprint density at radius 1 is 1.15 bits per heavy atom. The molecule has 0 radical (unpaired) electrons. The maximum Gasteiger partial charge on any atom is 0.223 e. The van der Waals surface area contributed by atoms with Gasteiger partial charge in [-0.1, -0.05) is 30.4 Å². The van der Waals surface area contributed by atoms with Crippen molar-refractivity contribution in [3.05, 3.63) is 59.9 Å². The van der Waals surface area contributed by atoms with Gasteiger partial charge in [0.05, 0.1) is 24.8 Å². The van der Waals surface area contributed by atoms with E-state index in [1.165, 1.54) is 0 Å². The molecule has 0 bridgehead atoms. The van der Waals surface area contributed by atoms with E-state index in [4.69, 9.17) is 14.5 Å². The van der Waals surface area contributed by atoms with Gasteiger partial charge in [0.2, 0.25) is 5.91 Å². The molecule has 3 aromatic rings. The number of nitrogens with zero attached hydrogens (tertiary/aromatic N) is 3. The van der Waals surface area contributed by atoms with Crippen LogP contribution in [0, 0.1) is 0 Å². The molecule has 1 saturated heterocycles. The Morgan fingerprint density at radius 3 is 2.65 bits per heavy atom. The largest absolute Gasteiger partial charge is 0.493 e. The van der Waals surface area contributed by atoms with Gasteiger partial charge in [-0.25, -0.2) is 4.98 Å². The number of para-hydroxylation sites is 2. The lowest BCUT2D eigenvalue weighted by Gasteiger charge is -2.32. The molecular weight excluding hydrogens is 426 g/mol. The highest BCUT2D eigenvalue weighted by molar-refractivity contribution is 5.81.